The van der Waals surface area contributed by atoms with E-state index in [1.54, 1.807) is 0 Å². The monoisotopic (exact) mass is 282 g/mol. The molecule has 0 aromatic carbocycles. The molecule has 90 valence electrons. The van der Waals surface area contributed by atoms with Crippen molar-refractivity contribution in [1.29, 1.82) is 0 Å². The van der Waals surface area contributed by atoms with Crippen LogP contribution in [0.2, 0.25) is 15.2 Å². The van der Waals surface area contributed by atoms with Crippen LogP contribution in [0.3, 0.4) is 0 Å². The fourth-order valence-electron chi connectivity index (χ4n) is 1.08. The highest BCUT2D eigenvalue weighted by Gasteiger charge is 2.08. The van der Waals surface area contributed by atoms with E-state index in [2.05, 4.69) is 9.88 Å². The standard InChI is InChI=1S/C10H13Cl3N2O/c1-15(2)4-3-5-16-10-8(12)6-7(11)9(13)14-10/h6H,3-5H2,1-2H3. The Morgan fingerprint density at radius 3 is 2.56 bits per heavy atom. The predicted octanol–water partition coefficient (Wildman–Crippen LogP) is 3.37. The molecule has 0 N–H and O–H groups in total. The number of hydrogen-bond donors (Lipinski definition) is 0. The molecule has 0 atom stereocenters. The van der Waals surface area contributed by atoms with E-state index < -0.39 is 0 Å². The molecule has 0 unspecified atom stereocenters. The smallest absolute Gasteiger partial charge is 0.234 e. The van der Waals surface area contributed by atoms with Gasteiger partial charge in [-0.25, -0.2) is 0 Å². The third-order valence-electron chi connectivity index (χ3n) is 1.84. The van der Waals surface area contributed by atoms with Gasteiger partial charge in [0.05, 0.1) is 11.6 Å². The van der Waals surface area contributed by atoms with Crippen LogP contribution < -0.4 is 4.74 Å². The van der Waals surface area contributed by atoms with Crippen molar-refractivity contribution in [2.24, 2.45) is 0 Å². The number of aromatic nitrogens is 1. The van der Waals surface area contributed by atoms with Gasteiger partial charge >= 0.3 is 0 Å². The van der Waals surface area contributed by atoms with Crippen molar-refractivity contribution in [3.05, 3.63) is 21.3 Å². The van der Waals surface area contributed by atoms with Gasteiger partial charge in [-0.15, -0.1) is 0 Å². The fourth-order valence-corrected chi connectivity index (χ4v) is 1.62. The van der Waals surface area contributed by atoms with Gasteiger partial charge in [-0.1, -0.05) is 34.8 Å². The largest absolute Gasteiger partial charge is 0.477 e. The lowest BCUT2D eigenvalue weighted by atomic mass is 10.4. The van der Waals surface area contributed by atoms with Crippen molar-refractivity contribution in [1.82, 2.24) is 9.88 Å². The van der Waals surface area contributed by atoms with Gasteiger partial charge in [-0.2, -0.15) is 4.98 Å². The summed E-state index contributed by atoms with van der Waals surface area (Å²) in [5.74, 6) is 0.329. The summed E-state index contributed by atoms with van der Waals surface area (Å²) in [4.78, 5) is 6.03. The second kappa shape index (κ2) is 6.50. The Labute approximate surface area is 110 Å². The number of halogens is 3. The lowest BCUT2D eigenvalue weighted by Gasteiger charge is -2.11. The third kappa shape index (κ3) is 4.34. The molecule has 0 aliphatic rings. The molecule has 0 saturated heterocycles. The Hall–Kier alpha value is -0.220. The van der Waals surface area contributed by atoms with Crippen molar-refractivity contribution in [2.75, 3.05) is 27.2 Å². The molecular weight excluding hydrogens is 270 g/mol. The summed E-state index contributed by atoms with van der Waals surface area (Å²) >= 11 is 17.4. The number of ether oxygens (including phenoxy) is 1. The summed E-state index contributed by atoms with van der Waals surface area (Å²) in [6, 6.07) is 1.53. The molecule has 0 bridgehead atoms. The van der Waals surface area contributed by atoms with Crippen molar-refractivity contribution >= 4 is 34.8 Å². The van der Waals surface area contributed by atoms with Gasteiger partial charge in [0.15, 0.2) is 5.15 Å². The molecule has 0 aliphatic heterocycles. The Morgan fingerprint density at radius 1 is 1.25 bits per heavy atom. The predicted molar refractivity (Wildman–Crippen MR) is 67.9 cm³/mol. The first kappa shape index (κ1) is 13.8. The second-order valence-electron chi connectivity index (χ2n) is 3.55. The first-order chi connectivity index (χ1) is 7.50. The Kier molecular flexibility index (Phi) is 5.62. The minimum Gasteiger partial charge on any atom is -0.477 e. The van der Waals surface area contributed by atoms with E-state index in [0.29, 0.717) is 22.5 Å². The quantitative estimate of drug-likeness (QED) is 0.612. The lowest BCUT2D eigenvalue weighted by molar-refractivity contribution is 0.273. The highest BCUT2D eigenvalue weighted by Crippen LogP contribution is 2.30. The van der Waals surface area contributed by atoms with Crippen LogP contribution in [0.1, 0.15) is 6.42 Å². The molecule has 0 radical (unpaired) electrons. The van der Waals surface area contributed by atoms with E-state index in [4.69, 9.17) is 39.5 Å². The number of rotatable bonds is 5. The maximum Gasteiger partial charge on any atom is 0.234 e. The summed E-state index contributed by atoms with van der Waals surface area (Å²) in [5, 5.41) is 0.903. The van der Waals surface area contributed by atoms with E-state index in [-0.39, 0.29) is 5.15 Å². The Morgan fingerprint density at radius 2 is 1.94 bits per heavy atom. The van der Waals surface area contributed by atoms with Gasteiger partial charge in [-0.05, 0) is 26.6 Å². The van der Waals surface area contributed by atoms with E-state index in [1.165, 1.54) is 6.07 Å². The first-order valence-electron chi connectivity index (χ1n) is 4.79. The average molecular weight is 284 g/mol. The summed E-state index contributed by atoms with van der Waals surface area (Å²) in [6.07, 6.45) is 0.894. The molecular formula is C10H13Cl3N2O. The first-order valence-corrected chi connectivity index (χ1v) is 5.93. The maximum absolute atomic E-state index is 5.90. The summed E-state index contributed by atoms with van der Waals surface area (Å²) < 4.78 is 5.41. The highest BCUT2D eigenvalue weighted by atomic mass is 35.5. The zero-order chi connectivity index (χ0) is 12.1. The number of hydrogen-bond acceptors (Lipinski definition) is 3. The summed E-state index contributed by atoms with van der Waals surface area (Å²) in [5.41, 5.74) is 0. The molecule has 1 aromatic heterocycles. The average Bonchev–Trinajstić information content (AvgIpc) is 2.19. The van der Waals surface area contributed by atoms with Crippen LogP contribution >= 0.6 is 34.8 Å². The van der Waals surface area contributed by atoms with Gasteiger partial charge in [0.1, 0.15) is 5.02 Å². The lowest BCUT2D eigenvalue weighted by Crippen LogP contribution is -2.15. The minimum absolute atomic E-state index is 0.202. The van der Waals surface area contributed by atoms with Gasteiger partial charge in [-0.3, -0.25) is 0 Å². The molecule has 3 nitrogen and oxygen atoms in total. The summed E-state index contributed by atoms with van der Waals surface area (Å²) in [6.45, 7) is 1.49. The van der Waals surface area contributed by atoms with E-state index >= 15 is 0 Å². The number of nitrogens with zero attached hydrogens (tertiary/aromatic N) is 2. The normalized spacial score (nSPS) is 10.9. The van der Waals surface area contributed by atoms with Gasteiger partial charge < -0.3 is 9.64 Å². The van der Waals surface area contributed by atoms with E-state index in [0.717, 1.165) is 13.0 Å². The van der Waals surface area contributed by atoms with Crippen LogP contribution in [0.4, 0.5) is 0 Å². The van der Waals surface area contributed by atoms with Crippen LogP contribution in [0.15, 0.2) is 6.07 Å². The molecule has 0 aliphatic carbocycles. The van der Waals surface area contributed by atoms with Crippen LogP contribution in [-0.4, -0.2) is 37.1 Å². The van der Waals surface area contributed by atoms with Gasteiger partial charge in [0.25, 0.3) is 0 Å². The minimum atomic E-state index is 0.202. The molecule has 1 rings (SSSR count). The zero-order valence-corrected chi connectivity index (χ0v) is 11.4. The third-order valence-corrected chi connectivity index (χ3v) is 2.79. The van der Waals surface area contributed by atoms with Crippen LogP contribution in [0.5, 0.6) is 5.88 Å². The molecule has 1 aromatic rings. The van der Waals surface area contributed by atoms with Gasteiger partial charge in [0, 0.05) is 6.54 Å². The molecule has 1 heterocycles. The van der Waals surface area contributed by atoms with Crippen LogP contribution in [0, 0.1) is 0 Å². The molecule has 0 spiro atoms. The van der Waals surface area contributed by atoms with Crippen molar-refractivity contribution in [3.63, 3.8) is 0 Å². The van der Waals surface area contributed by atoms with Crippen molar-refractivity contribution in [2.45, 2.75) is 6.42 Å². The highest BCUT2D eigenvalue weighted by molar-refractivity contribution is 6.42. The molecule has 16 heavy (non-hydrogen) atoms. The zero-order valence-electron chi connectivity index (χ0n) is 9.14. The Balaban J connectivity index is 2.51. The summed E-state index contributed by atoms with van der Waals surface area (Å²) in [7, 11) is 4.01. The van der Waals surface area contributed by atoms with Crippen LogP contribution in [0.25, 0.3) is 0 Å². The van der Waals surface area contributed by atoms with Gasteiger partial charge in [0.2, 0.25) is 5.88 Å². The molecule has 0 saturated carbocycles. The molecule has 0 fully saturated rings. The number of pyridine rings is 1. The van der Waals surface area contributed by atoms with Crippen molar-refractivity contribution in [3.8, 4) is 5.88 Å². The second-order valence-corrected chi connectivity index (χ2v) is 4.73. The molecule has 0 amide bonds. The Bertz CT molecular complexity index is 358. The fraction of sp³-hybridized carbons (Fsp3) is 0.500. The molecule has 6 heteroatoms. The van der Waals surface area contributed by atoms with Crippen LogP contribution in [-0.2, 0) is 0 Å². The topological polar surface area (TPSA) is 25.4 Å². The van der Waals surface area contributed by atoms with E-state index in [1.807, 2.05) is 14.1 Å². The van der Waals surface area contributed by atoms with Crippen molar-refractivity contribution < 1.29 is 4.74 Å². The van der Waals surface area contributed by atoms with E-state index in [9.17, 15) is 0 Å². The maximum atomic E-state index is 5.90. The SMILES string of the molecule is CN(C)CCCOc1nc(Cl)c(Cl)cc1Cl.